The van der Waals surface area contributed by atoms with Crippen LogP contribution >= 0.6 is 0 Å². The molecule has 0 heterocycles. The SMILES string of the molecule is CCCCCCCCCCCCCCCCCCCCCCCC[C@@H](C(=O)OC)[C@@H](CCCCCCCCCCC[C@H]1C[C@H]1CCCCCCCCCCCCCC[C@H]1C[C@H]1CCCCCCCCCCCCCCCCCCCC)OC(C)=O. The van der Waals surface area contributed by atoms with Crippen molar-refractivity contribution in [3.63, 3.8) is 0 Å². The molecule has 2 aliphatic rings. The zero-order chi connectivity index (χ0) is 60.8. The maximum atomic E-state index is 12.9. The fraction of sp³-hybridized carbons (Fsp3) is 0.975. The molecular formula is C81H156O4. The topological polar surface area (TPSA) is 52.6 Å². The summed E-state index contributed by atoms with van der Waals surface area (Å²) in [5.41, 5.74) is 0. The molecule has 85 heavy (non-hydrogen) atoms. The van der Waals surface area contributed by atoms with Gasteiger partial charge in [-0.05, 0) is 55.8 Å². The van der Waals surface area contributed by atoms with E-state index < -0.39 is 0 Å². The van der Waals surface area contributed by atoms with E-state index in [0.29, 0.717) is 0 Å². The van der Waals surface area contributed by atoms with Crippen LogP contribution in [0.1, 0.15) is 464 Å². The van der Waals surface area contributed by atoms with Crippen molar-refractivity contribution in [2.24, 2.45) is 29.6 Å². The number of hydrogen-bond donors (Lipinski definition) is 0. The molecule has 6 atom stereocenters. The minimum Gasteiger partial charge on any atom is -0.469 e. The Kier molecular flexibility index (Phi) is 59.4. The van der Waals surface area contributed by atoms with Crippen molar-refractivity contribution in [1.82, 2.24) is 0 Å². The van der Waals surface area contributed by atoms with E-state index in [-0.39, 0.29) is 24.0 Å². The zero-order valence-electron chi connectivity index (χ0n) is 58.9. The Bertz CT molecular complexity index is 1360. The van der Waals surface area contributed by atoms with Crippen LogP contribution in [0.25, 0.3) is 0 Å². The van der Waals surface area contributed by atoms with E-state index in [4.69, 9.17) is 9.47 Å². The number of unbranched alkanes of at least 4 members (excludes halogenated alkanes) is 57. The fourth-order valence-electron chi connectivity index (χ4n) is 15.0. The maximum absolute atomic E-state index is 12.9. The smallest absolute Gasteiger partial charge is 0.312 e. The summed E-state index contributed by atoms with van der Waals surface area (Å²) in [7, 11) is 1.48. The lowest BCUT2D eigenvalue weighted by Gasteiger charge is -2.25. The molecule has 0 unspecified atom stereocenters. The van der Waals surface area contributed by atoms with Crippen LogP contribution < -0.4 is 0 Å². The molecule has 0 spiro atoms. The summed E-state index contributed by atoms with van der Waals surface area (Å²) in [4.78, 5) is 25.0. The van der Waals surface area contributed by atoms with Crippen molar-refractivity contribution in [2.75, 3.05) is 7.11 Å². The fourth-order valence-corrected chi connectivity index (χ4v) is 15.0. The molecule has 2 saturated carbocycles. The molecule has 0 aromatic rings. The first-order valence-corrected chi connectivity index (χ1v) is 40.2. The van der Waals surface area contributed by atoms with Gasteiger partial charge in [-0.15, -0.1) is 0 Å². The van der Waals surface area contributed by atoms with Crippen molar-refractivity contribution in [1.29, 1.82) is 0 Å². The van der Waals surface area contributed by atoms with Crippen LogP contribution in [-0.4, -0.2) is 25.2 Å². The Morgan fingerprint density at radius 3 is 0.671 bits per heavy atom. The van der Waals surface area contributed by atoms with Gasteiger partial charge in [-0.2, -0.15) is 0 Å². The van der Waals surface area contributed by atoms with Crippen molar-refractivity contribution >= 4 is 11.9 Å². The van der Waals surface area contributed by atoms with E-state index in [1.54, 1.807) is 19.3 Å². The van der Waals surface area contributed by atoms with E-state index in [1.165, 1.54) is 399 Å². The minimum atomic E-state index is -0.358. The van der Waals surface area contributed by atoms with Crippen LogP contribution in [0.2, 0.25) is 0 Å². The Hall–Kier alpha value is -1.06. The molecule has 2 fully saturated rings. The highest BCUT2D eigenvalue weighted by molar-refractivity contribution is 5.74. The third-order valence-electron chi connectivity index (χ3n) is 21.2. The highest BCUT2D eigenvalue weighted by Gasteiger charge is 2.36. The first kappa shape index (κ1) is 80.0. The van der Waals surface area contributed by atoms with Crippen molar-refractivity contribution < 1.29 is 19.1 Å². The predicted molar refractivity (Wildman–Crippen MR) is 375 cm³/mol. The Morgan fingerprint density at radius 1 is 0.282 bits per heavy atom. The highest BCUT2D eigenvalue weighted by Crippen LogP contribution is 2.47. The van der Waals surface area contributed by atoms with E-state index in [0.717, 1.165) is 62.2 Å². The van der Waals surface area contributed by atoms with Gasteiger partial charge in [-0.3, -0.25) is 9.59 Å². The molecule has 0 radical (unpaired) electrons. The van der Waals surface area contributed by atoms with Gasteiger partial charge in [-0.1, -0.05) is 425 Å². The standard InChI is InChI=1S/C81H156O4/c1-5-7-9-11-13-15-17-19-21-23-25-26-27-28-30-32-34-40-46-52-58-64-70-79(81(83)84-4)80(85-74(3)82)71-65-59-53-47-41-45-51-57-63-69-78-73-77(78)68-62-56-50-44-39-36-35-38-43-49-55-61-67-76-72-75(76)66-60-54-48-42-37-33-31-29-24-22-20-18-16-14-12-10-8-6-2/h75-80H,5-73H2,1-4H3/t75-,76+,77-,78+,79-,80-/m1/s1. The van der Waals surface area contributed by atoms with Gasteiger partial charge in [-0.25, -0.2) is 0 Å². The second-order valence-corrected chi connectivity index (χ2v) is 29.4. The Morgan fingerprint density at radius 2 is 0.471 bits per heavy atom. The summed E-state index contributed by atoms with van der Waals surface area (Å²) in [6.07, 6.45) is 96.7. The molecule has 4 nitrogen and oxygen atoms in total. The molecule has 4 heteroatoms. The molecule has 0 amide bonds. The molecule has 504 valence electrons. The normalized spacial score (nSPS) is 17.2. The average molecular weight is 1190 g/mol. The van der Waals surface area contributed by atoms with Crippen LogP contribution in [0.5, 0.6) is 0 Å². The van der Waals surface area contributed by atoms with E-state index in [1.807, 2.05) is 0 Å². The molecule has 2 aliphatic carbocycles. The van der Waals surface area contributed by atoms with Gasteiger partial charge < -0.3 is 9.47 Å². The van der Waals surface area contributed by atoms with Crippen LogP contribution in [0.4, 0.5) is 0 Å². The molecule has 2 rings (SSSR count). The van der Waals surface area contributed by atoms with Gasteiger partial charge in [0, 0.05) is 6.92 Å². The Labute approximate surface area is 534 Å². The molecule has 0 aliphatic heterocycles. The quantitative estimate of drug-likeness (QED) is 0.0450. The molecule has 0 aromatic heterocycles. The third kappa shape index (κ3) is 54.4. The van der Waals surface area contributed by atoms with Crippen LogP contribution in [0.15, 0.2) is 0 Å². The zero-order valence-corrected chi connectivity index (χ0v) is 58.9. The lowest BCUT2D eigenvalue weighted by molar-refractivity contribution is -0.160. The van der Waals surface area contributed by atoms with Crippen LogP contribution in [0.3, 0.4) is 0 Å². The number of carbonyl (C=O) groups excluding carboxylic acids is 2. The van der Waals surface area contributed by atoms with Gasteiger partial charge >= 0.3 is 11.9 Å². The molecule has 0 N–H and O–H groups in total. The largest absolute Gasteiger partial charge is 0.469 e. The van der Waals surface area contributed by atoms with Crippen LogP contribution in [-0.2, 0) is 19.1 Å². The predicted octanol–water partition coefficient (Wildman–Crippen LogP) is 28.2. The van der Waals surface area contributed by atoms with Gasteiger partial charge in [0.1, 0.15) is 6.10 Å². The second-order valence-electron chi connectivity index (χ2n) is 29.4. The van der Waals surface area contributed by atoms with Gasteiger partial charge in [0.05, 0.1) is 13.0 Å². The first-order valence-electron chi connectivity index (χ1n) is 40.2. The first-order chi connectivity index (χ1) is 42.0. The second kappa shape index (κ2) is 63.1. The number of ether oxygens (including phenoxy) is 2. The van der Waals surface area contributed by atoms with Gasteiger partial charge in [0.25, 0.3) is 0 Å². The maximum Gasteiger partial charge on any atom is 0.312 e. The lowest BCUT2D eigenvalue weighted by Crippen LogP contribution is -2.33. The number of rotatable bonds is 72. The number of methoxy groups -OCH3 is 1. The third-order valence-corrected chi connectivity index (χ3v) is 21.2. The van der Waals surface area contributed by atoms with Crippen LogP contribution in [0, 0.1) is 29.6 Å². The van der Waals surface area contributed by atoms with Gasteiger partial charge in [0.2, 0.25) is 0 Å². The minimum absolute atomic E-state index is 0.208. The number of esters is 2. The summed E-state index contributed by atoms with van der Waals surface area (Å²) in [6, 6.07) is 0. The monoisotopic (exact) mass is 1190 g/mol. The van der Waals surface area contributed by atoms with E-state index >= 15 is 0 Å². The number of hydrogen-bond acceptors (Lipinski definition) is 4. The highest BCUT2D eigenvalue weighted by atomic mass is 16.6. The molecule has 0 bridgehead atoms. The summed E-state index contributed by atoms with van der Waals surface area (Å²) in [6.45, 7) is 6.10. The van der Waals surface area contributed by atoms with E-state index in [2.05, 4.69) is 13.8 Å². The van der Waals surface area contributed by atoms with E-state index in [9.17, 15) is 9.59 Å². The van der Waals surface area contributed by atoms with Crippen molar-refractivity contribution in [3.05, 3.63) is 0 Å². The average Bonchev–Trinajstić information content (AvgIpc) is 4.60. The van der Waals surface area contributed by atoms with Crippen molar-refractivity contribution in [3.8, 4) is 0 Å². The molecule has 0 saturated heterocycles. The molecule has 0 aromatic carbocycles. The summed E-state index contributed by atoms with van der Waals surface area (Å²) in [5, 5.41) is 0. The number of carbonyl (C=O) groups is 2. The summed E-state index contributed by atoms with van der Waals surface area (Å²) < 4.78 is 11.0. The summed E-state index contributed by atoms with van der Waals surface area (Å²) >= 11 is 0. The van der Waals surface area contributed by atoms with Gasteiger partial charge in [0.15, 0.2) is 0 Å². The summed E-state index contributed by atoms with van der Waals surface area (Å²) in [5.74, 6) is 3.52. The lowest BCUT2D eigenvalue weighted by atomic mass is 9.91. The van der Waals surface area contributed by atoms with Crippen molar-refractivity contribution in [2.45, 2.75) is 470 Å². The molecular weight excluding hydrogens is 1040 g/mol. The Balaban J connectivity index is 1.27.